The molecular formula is C15H22N2O. The molecule has 18 heavy (non-hydrogen) atoms. The fourth-order valence-electron chi connectivity index (χ4n) is 3.33. The molecular weight excluding hydrogens is 224 g/mol. The highest BCUT2D eigenvalue weighted by Crippen LogP contribution is 2.33. The average molecular weight is 246 g/mol. The molecule has 0 saturated carbocycles. The molecule has 2 aliphatic rings. The molecule has 1 heterocycles. The Balaban J connectivity index is 1.62. The van der Waals surface area contributed by atoms with Gasteiger partial charge in [0, 0.05) is 18.6 Å². The molecule has 1 saturated heterocycles. The summed E-state index contributed by atoms with van der Waals surface area (Å²) >= 11 is 0. The molecule has 3 heteroatoms. The first kappa shape index (κ1) is 12.0. The number of hydrogen-bond acceptors (Lipinski definition) is 3. The summed E-state index contributed by atoms with van der Waals surface area (Å²) in [6.07, 6.45) is 4.90. The van der Waals surface area contributed by atoms with Crippen LogP contribution in [0.5, 0.6) is 5.75 Å². The van der Waals surface area contributed by atoms with E-state index in [4.69, 9.17) is 0 Å². The van der Waals surface area contributed by atoms with Gasteiger partial charge < -0.3 is 15.3 Å². The van der Waals surface area contributed by atoms with Crippen LogP contribution in [0.2, 0.25) is 0 Å². The third-order valence-electron chi connectivity index (χ3n) is 4.48. The summed E-state index contributed by atoms with van der Waals surface area (Å²) < 4.78 is 0. The largest absolute Gasteiger partial charge is 0.508 e. The lowest BCUT2D eigenvalue weighted by Crippen LogP contribution is -2.36. The van der Waals surface area contributed by atoms with E-state index in [0.29, 0.717) is 17.8 Å². The number of nitrogens with zero attached hydrogens (tertiary/aromatic N) is 1. The van der Waals surface area contributed by atoms with E-state index in [1.165, 1.54) is 30.5 Å². The Labute approximate surface area is 109 Å². The molecule has 1 fully saturated rings. The van der Waals surface area contributed by atoms with Crippen molar-refractivity contribution in [1.29, 1.82) is 0 Å². The zero-order valence-corrected chi connectivity index (χ0v) is 11.0. The lowest BCUT2D eigenvalue weighted by atomic mass is 10.1. The molecule has 0 amide bonds. The van der Waals surface area contributed by atoms with Gasteiger partial charge in [-0.15, -0.1) is 0 Å². The lowest BCUT2D eigenvalue weighted by Gasteiger charge is -2.22. The van der Waals surface area contributed by atoms with Gasteiger partial charge in [-0.25, -0.2) is 0 Å². The van der Waals surface area contributed by atoms with E-state index in [0.717, 1.165) is 19.4 Å². The zero-order valence-electron chi connectivity index (χ0n) is 11.0. The average Bonchev–Trinajstić information content (AvgIpc) is 2.93. The van der Waals surface area contributed by atoms with Gasteiger partial charge in [-0.3, -0.25) is 0 Å². The minimum Gasteiger partial charge on any atom is -0.508 e. The van der Waals surface area contributed by atoms with E-state index in [-0.39, 0.29) is 0 Å². The third kappa shape index (κ3) is 2.25. The van der Waals surface area contributed by atoms with Crippen molar-refractivity contribution in [2.45, 2.75) is 37.8 Å². The van der Waals surface area contributed by atoms with Gasteiger partial charge in [0.1, 0.15) is 5.75 Å². The second kappa shape index (κ2) is 4.90. The van der Waals surface area contributed by atoms with Gasteiger partial charge in [0.2, 0.25) is 0 Å². The van der Waals surface area contributed by atoms with Crippen LogP contribution in [-0.4, -0.2) is 36.2 Å². The first-order valence-electron chi connectivity index (χ1n) is 6.99. The third-order valence-corrected chi connectivity index (χ3v) is 4.48. The number of hydrogen-bond donors (Lipinski definition) is 2. The van der Waals surface area contributed by atoms with Crippen LogP contribution in [-0.2, 0) is 6.42 Å². The van der Waals surface area contributed by atoms with Crippen molar-refractivity contribution < 1.29 is 5.11 Å². The van der Waals surface area contributed by atoms with Crippen molar-refractivity contribution >= 4 is 0 Å². The Morgan fingerprint density at radius 3 is 3.06 bits per heavy atom. The van der Waals surface area contributed by atoms with E-state index in [9.17, 15) is 5.11 Å². The van der Waals surface area contributed by atoms with E-state index < -0.39 is 0 Å². The summed E-state index contributed by atoms with van der Waals surface area (Å²) in [5, 5.41) is 13.2. The molecule has 0 aromatic heterocycles. The Hall–Kier alpha value is -1.06. The molecule has 0 spiro atoms. The molecule has 98 valence electrons. The molecule has 2 N–H and O–H groups in total. The van der Waals surface area contributed by atoms with Crippen LogP contribution in [0.4, 0.5) is 0 Å². The number of nitrogens with one attached hydrogen (secondary N) is 1. The van der Waals surface area contributed by atoms with E-state index in [1.807, 2.05) is 6.07 Å². The molecule has 3 rings (SSSR count). The van der Waals surface area contributed by atoms with Gasteiger partial charge in [-0.2, -0.15) is 0 Å². The first-order valence-corrected chi connectivity index (χ1v) is 6.99. The summed E-state index contributed by atoms with van der Waals surface area (Å²) in [5.74, 6) is 0.393. The Morgan fingerprint density at radius 1 is 1.39 bits per heavy atom. The van der Waals surface area contributed by atoms with Crippen LogP contribution in [0, 0.1) is 0 Å². The van der Waals surface area contributed by atoms with Crippen LogP contribution in [0.1, 0.15) is 36.4 Å². The highest BCUT2D eigenvalue weighted by Gasteiger charge is 2.25. The van der Waals surface area contributed by atoms with Crippen molar-refractivity contribution in [2.75, 3.05) is 20.1 Å². The normalized spacial score (nSPS) is 27.6. The van der Waals surface area contributed by atoms with Gasteiger partial charge in [-0.1, -0.05) is 6.07 Å². The number of likely N-dealkylation sites (tertiary alicyclic amines) is 1. The van der Waals surface area contributed by atoms with Crippen molar-refractivity contribution in [3.8, 4) is 5.75 Å². The van der Waals surface area contributed by atoms with E-state index in [2.05, 4.69) is 23.3 Å². The van der Waals surface area contributed by atoms with Crippen LogP contribution >= 0.6 is 0 Å². The number of rotatable bonds is 3. The predicted molar refractivity (Wildman–Crippen MR) is 72.8 cm³/mol. The highest BCUT2D eigenvalue weighted by atomic mass is 16.3. The quantitative estimate of drug-likeness (QED) is 0.857. The summed E-state index contributed by atoms with van der Waals surface area (Å²) in [7, 11) is 2.22. The first-order chi connectivity index (χ1) is 8.74. The van der Waals surface area contributed by atoms with Crippen LogP contribution in [0.15, 0.2) is 18.2 Å². The molecule has 1 aliphatic carbocycles. The van der Waals surface area contributed by atoms with Crippen LogP contribution in [0.3, 0.4) is 0 Å². The highest BCUT2D eigenvalue weighted by molar-refractivity contribution is 5.40. The summed E-state index contributed by atoms with van der Waals surface area (Å²) in [4.78, 5) is 2.46. The zero-order chi connectivity index (χ0) is 12.5. The number of aryl methyl sites for hydroxylation is 1. The van der Waals surface area contributed by atoms with Gasteiger partial charge in [0.05, 0.1) is 0 Å². The summed E-state index contributed by atoms with van der Waals surface area (Å²) in [6.45, 7) is 2.32. The van der Waals surface area contributed by atoms with Crippen molar-refractivity contribution in [3.05, 3.63) is 29.3 Å². The van der Waals surface area contributed by atoms with E-state index >= 15 is 0 Å². The topological polar surface area (TPSA) is 35.5 Å². The second-order valence-electron chi connectivity index (χ2n) is 5.66. The van der Waals surface area contributed by atoms with E-state index in [1.54, 1.807) is 6.07 Å². The standard InChI is InChI=1S/C15H22N2O/c1-17-8-2-3-12(17)10-16-15-7-4-11-9-13(18)5-6-14(11)15/h5-6,9,12,15-16,18H,2-4,7-8,10H2,1H3. The molecule has 3 nitrogen and oxygen atoms in total. The Bertz CT molecular complexity index is 433. The molecule has 1 aromatic rings. The van der Waals surface area contributed by atoms with Gasteiger partial charge in [0.25, 0.3) is 0 Å². The summed E-state index contributed by atoms with van der Waals surface area (Å²) in [5.41, 5.74) is 2.70. The minimum absolute atomic E-state index is 0.393. The van der Waals surface area contributed by atoms with Crippen LogP contribution in [0.25, 0.3) is 0 Å². The number of benzene rings is 1. The number of aromatic hydroxyl groups is 1. The maximum Gasteiger partial charge on any atom is 0.115 e. The molecule has 2 atom stereocenters. The minimum atomic E-state index is 0.393. The maximum absolute atomic E-state index is 9.49. The number of phenolic OH excluding ortho intramolecular Hbond substituents is 1. The Morgan fingerprint density at radius 2 is 2.28 bits per heavy atom. The van der Waals surface area contributed by atoms with Gasteiger partial charge in [0.15, 0.2) is 0 Å². The predicted octanol–water partition coefficient (Wildman–Crippen LogP) is 2.06. The van der Waals surface area contributed by atoms with Crippen molar-refractivity contribution in [2.24, 2.45) is 0 Å². The summed E-state index contributed by atoms with van der Waals surface area (Å²) in [6, 6.07) is 6.98. The van der Waals surface area contributed by atoms with Crippen LogP contribution < -0.4 is 5.32 Å². The fourth-order valence-corrected chi connectivity index (χ4v) is 3.33. The maximum atomic E-state index is 9.49. The molecule has 2 unspecified atom stereocenters. The number of likely N-dealkylation sites (N-methyl/N-ethyl adjacent to an activating group) is 1. The SMILES string of the molecule is CN1CCCC1CNC1CCc2cc(O)ccc21. The lowest BCUT2D eigenvalue weighted by molar-refractivity contribution is 0.291. The smallest absolute Gasteiger partial charge is 0.115 e. The monoisotopic (exact) mass is 246 g/mol. The molecule has 0 radical (unpaired) electrons. The molecule has 0 bridgehead atoms. The molecule has 1 aliphatic heterocycles. The number of phenols is 1. The van der Waals surface area contributed by atoms with Gasteiger partial charge >= 0.3 is 0 Å². The Kier molecular flexibility index (Phi) is 3.27. The second-order valence-corrected chi connectivity index (χ2v) is 5.66. The molecule has 1 aromatic carbocycles. The van der Waals surface area contributed by atoms with Gasteiger partial charge in [-0.05, 0) is 62.5 Å². The van der Waals surface area contributed by atoms with Crippen molar-refractivity contribution in [3.63, 3.8) is 0 Å². The number of fused-ring (bicyclic) bond motifs is 1. The fraction of sp³-hybridized carbons (Fsp3) is 0.600. The van der Waals surface area contributed by atoms with Crippen molar-refractivity contribution in [1.82, 2.24) is 10.2 Å².